The van der Waals surface area contributed by atoms with Crippen LogP contribution in [0.4, 0.5) is 0 Å². The first kappa shape index (κ1) is 91.3. The van der Waals surface area contributed by atoms with Gasteiger partial charge in [0, 0.05) is 2.85 Å². The molecule has 0 N–H and O–H groups in total. The summed E-state index contributed by atoms with van der Waals surface area (Å²) in [4.78, 5) is 0. The Bertz CT molecular complexity index is 1400. The maximum atomic E-state index is 5.25. The van der Waals surface area contributed by atoms with E-state index in [0.717, 1.165) is 71.0 Å². The molecule has 0 saturated heterocycles. The van der Waals surface area contributed by atoms with Crippen LogP contribution in [0.15, 0.2) is 97.7 Å². The van der Waals surface area contributed by atoms with E-state index >= 15 is 0 Å². The predicted octanol–water partition coefficient (Wildman–Crippen LogP) is 26.8. The van der Waals surface area contributed by atoms with Gasteiger partial charge in [-0.3, -0.25) is 0 Å². The van der Waals surface area contributed by atoms with Gasteiger partial charge >= 0.3 is 126 Å². The summed E-state index contributed by atoms with van der Waals surface area (Å²) < 4.78 is 0. The second-order valence-electron chi connectivity index (χ2n) is 21.6. The van der Waals surface area contributed by atoms with E-state index in [9.17, 15) is 0 Å². The smallest absolute Gasteiger partial charge is 0 e. The summed E-state index contributed by atoms with van der Waals surface area (Å²) in [5.74, 6) is 10.9. The maximum Gasteiger partial charge on any atom is 0 e. The first-order valence-corrected chi connectivity index (χ1v) is 47.8. The molecule has 0 aromatic rings. The average molecular weight is 1440 g/mol. The van der Waals surface area contributed by atoms with Crippen molar-refractivity contribution in [2.24, 2.45) is 71.0 Å². The van der Waals surface area contributed by atoms with E-state index in [2.05, 4.69) is 125 Å². The molecular formula is C69H121Cl6Zr3+. The van der Waals surface area contributed by atoms with Crippen molar-refractivity contribution in [3.63, 3.8) is 0 Å². The van der Waals surface area contributed by atoms with E-state index in [-0.39, 0.29) is 47.4 Å². The van der Waals surface area contributed by atoms with Crippen molar-refractivity contribution in [2.45, 2.75) is 213 Å². The molecular weight excluding hydrogens is 1320 g/mol. The molecule has 0 spiro atoms. The van der Waals surface area contributed by atoms with Gasteiger partial charge in [0.2, 0.25) is 0 Å². The van der Waals surface area contributed by atoms with Gasteiger partial charge < -0.3 is 44.6 Å². The fourth-order valence-corrected chi connectivity index (χ4v) is 13.2. The normalized spacial score (nSPS) is 25.5. The summed E-state index contributed by atoms with van der Waals surface area (Å²) in [6.07, 6.45) is 87.4. The summed E-state index contributed by atoms with van der Waals surface area (Å²) in [5, 5.41) is 0. The van der Waals surface area contributed by atoms with E-state index in [0.29, 0.717) is 0 Å². The molecule has 450 valence electrons. The molecule has 9 heteroatoms. The second kappa shape index (κ2) is 65.1. The van der Waals surface area contributed by atoms with E-state index in [1.54, 1.807) is 0 Å². The Morgan fingerprint density at radius 2 is 0.641 bits per heavy atom. The van der Waals surface area contributed by atoms with Gasteiger partial charge in [-0.05, 0) is 129 Å². The van der Waals surface area contributed by atoms with Crippen molar-refractivity contribution in [1.29, 1.82) is 0 Å². The van der Waals surface area contributed by atoms with Gasteiger partial charge in [0.05, 0.1) is 0 Å². The summed E-state index contributed by atoms with van der Waals surface area (Å²) in [7, 11) is 29.6. The third-order valence-electron chi connectivity index (χ3n) is 17.0. The van der Waals surface area contributed by atoms with Crippen LogP contribution in [0.3, 0.4) is 0 Å². The SMILES string of the molecule is C1=CC2CCC(C/C=C/CC3CCC4C=CC=CC43)C2C=C1.C=CCC1CCC2C=CC=CC21.CCCCC1CCCC1.CCCCC1CCCC1.CCCCC1CCCC1.[C+]#C.[CH3-].[CH3-].[CH3-].[CH3-].[CH3-].[CH3-].[Cl][Zr+2][Cl].[Cl][Zr+2][Cl].[Cl][Zr+2][Cl].[HH].[HH]. The Morgan fingerprint density at radius 1 is 0.410 bits per heavy atom. The first-order valence-electron chi connectivity index (χ1n) is 28.9. The molecule has 0 aromatic heterocycles. The molecule has 9 rings (SSSR count). The predicted molar refractivity (Wildman–Crippen MR) is 358 cm³/mol. The molecule has 0 aliphatic heterocycles. The van der Waals surface area contributed by atoms with Crippen LogP contribution < -0.4 is 0 Å². The minimum Gasteiger partial charge on any atom is 0 e. The van der Waals surface area contributed by atoms with Gasteiger partial charge in [-0.15, -0.1) is 6.58 Å². The fourth-order valence-electron chi connectivity index (χ4n) is 13.2. The minimum absolute atomic E-state index is 0. The molecule has 9 aliphatic carbocycles. The van der Waals surface area contributed by atoms with Gasteiger partial charge in [0.25, 0.3) is 0 Å². The van der Waals surface area contributed by atoms with E-state index < -0.39 is 62.5 Å². The molecule has 0 aromatic carbocycles. The van der Waals surface area contributed by atoms with Crippen LogP contribution in [0.2, 0.25) is 0 Å². The van der Waals surface area contributed by atoms with Gasteiger partial charge in [-0.1, -0.05) is 247 Å². The third kappa shape index (κ3) is 42.0. The van der Waals surface area contributed by atoms with E-state index in [1.807, 2.05) is 0 Å². The Hall–Kier alpha value is 2.09. The Kier molecular flexibility index (Phi) is 76.1. The summed E-state index contributed by atoms with van der Waals surface area (Å²) in [6, 6.07) is 0. The number of halogens is 6. The minimum atomic E-state index is -0.826. The van der Waals surface area contributed by atoms with Gasteiger partial charge in [-0.2, -0.15) is 0 Å². The molecule has 0 heterocycles. The molecule has 78 heavy (non-hydrogen) atoms. The van der Waals surface area contributed by atoms with Crippen molar-refractivity contribution < 1.29 is 65.4 Å². The molecule has 6 fully saturated rings. The number of terminal acetylenes is 1. The Labute approximate surface area is 549 Å². The number of unbranched alkanes of at least 4 members (excludes halogenated alkanes) is 3. The standard InChI is InChI=1S/C22H28.C12H16.3C9H18.C2H.6CH3.6ClH.3Zr.2H2/c1(7-17-13-15-19-9-3-5-11-21(17)19)2-8-18-14-16-20-10-4-6-12-22(18)20;1-2-5-10-8-9-11-6-3-4-7-12(10)11;3*1-2-3-6-9-7-4-5-8-9;1-2;;;;;;;;;;;;;;;;;/h1-6,9-12,17-22H,7-8,13-16H2;2-4,6-7,10-12H,1,5,8-9H2;3*9H,2-8H2,1H3;1H;6*1H3;6*1H;;;;2*1H/q;;;;;+1;6*-1;;;;;;;3*+4;;/p-6/b2-1+;;;;;;;;;;;;;;;;;;;;;;. The van der Waals surface area contributed by atoms with Crippen molar-refractivity contribution >= 4 is 51.1 Å². The quantitative estimate of drug-likeness (QED) is 0.0871. The van der Waals surface area contributed by atoms with Crippen molar-refractivity contribution in [3.8, 4) is 6.42 Å². The molecule has 9 unspecified atom stereocenters. The van der Waals surface area contributed by atoms with Crippen LogP contribution in [0.5, 0.6) is 0 Å². The molecule has 6 saturated carbocycles. The topological polar surface area (TPSA) is 0 Å². The molecule has 9 aliphatic rings. The number of hydrogen-bond donors (Lipinski definition) is 0. The average Bonchev–Trinajstić information content (AvgIpc) is 4.30. The van der Waals surface area contributed by atoms with Crippen LogP contribution in [0.25, 0.3) is 0 Å². The maximum absolute atomic E-state index is 5.25. The van der Waals surface area contributed by atoms with E-state index in [1.165, 1.54) is 193 Å². The van der Waals surface area contributed by atoms with Crippen LogP contribution in [0.1, 0.15) is 216 Å². The number of hydrogen-bond acceptors (Lipinski definition) is 0. The zero-order valence-electron chi connectivity index (χ0n) is 51.4. The third-order valence-corrected chi connectivity index (χ3v) is 17.0. The zero-order valence-corrected chi connectivity index (χ0v) is 63.3. The fraction of sp³-hybridized carbons (Fsp3) is 0.652. The second-order valence-corrected chi connectivity index (χ2v) is 32.8. The molecule has 0 radical (unpaired) electrons. The largest absolute Gasteiger partial charge is 0 e. The monoisotopic (exact) mass is 1430 g/mol. The Balaban J connectivity index is -0.000000131. The van der Waals surface area contributed by atoms with E-state index in [4.69, 9.17) is 57.5 Å². The summed E-state index contributed by atoms with van der Waals surface area (Å²) in [6.45, 7) is 10.7. The zero-order chi connectivity index (χ0) is 52.9. The summed E-state index contributed by atoms with van der Waals surface area (Å²) >= 11 is -2.48. The van der Waals surface area contributed by atoms with Crippen LogP contribution in [-0.4, -0.2) is 0 Å². The first-order chi connectivity index (χ1) is 35.4. The van der Waals surface area contributed by atoms with Crippen LogP contribution >= 0.6 is 51.1 Å². The number of allylic oxidation sites excluding steroid dienone is 15. The summed E-state index contributed by atoms with van der Waals surface area (Å²) in [5.41, 5.74) is 0. The number of rotatable bonds is 15. The molecule has 0 nitrogen and oxygen atoms in total. The molecule has 0 bridgehead atoms. The van der Waals surface area contributed by atoms with Gasteiger partial charge in [-0.25, -0.2) is 0 Å². The van der Waals surface area contributed by atoms with Gasteiger partial charge in [0.15, 0.2) is 0 Å². The molecule has 0 amide bonds. The van der Waals surface area contributed by atoms with Crippen molar-refractivity contribution in [2.75, 3.05) is 0 Å². The van der Waals surface area contributed by atoms with Crippen molar-refractivity contribution in [3.05, 3.63) is 149 Å². The van der Waals surface area contributed by atoms with Crippen molar-refractivity contribution in [1.82, 2.24) is 0 Å². The molecule has 9 atom stereocenters. The van der Waals surface area contributed by atoms with Gasteiger partial charge in [0.1, 0.15) is 0 Å². The van der Waals surface area contributed by atoms with Crippen LogP contribution in [-0.2, 0) is 62.5 Å². The number of fused-ring (bicyclic) bond motifs is 3. The van der Waals surface area contributed by atoms with Crippen LogP contribution in [0, 0.1) is 128 Å². The Morgan fingerprint density at radius 3 is 0.872 bits per heavy atom.